The number of benzene rings is 2. The number of amides is 1. The van der Waals surface area contributed by atoms with Gasteiger partial charge in [-0.1, -0.05) is 36.2 Å². The van der Waals surface area contributed by atoms with E-state index in [2.05, 4.69) is 62.2 Å². The lowest BCUT2D eigenvalue weighted by Crippen LogP contribution is -2.51. The van der Waals surface area contributed by atoms with Crippen LogP contribution in [0.15, 0.2) is 41.5 Å². The van der Waals surface area contributed by atoms with Crippen LogP contribution in [-0.2, 0) is 4.79 Å². The summed E-state index contributed by atoms with van der Waals surface area (Å²) in [7, 11) is 0. The molecule has 1 aliphatic rings. The number of hydrogen-bond acceptors (Lipinski definition) is 4. The molecule has 1 N–H and O–H groups in total. The molecule has 0 fully saturated rings. The average Bonchev–Trinajstić information content (AvgIpc) is 2.66. The topological polar surface area (TPSA) is 53.9 Å². The van der Waals surface area contributed by atoms with Gasteiger partial charge in [0.2, 0.25) is 0 Å². The number of nitrogens with one attached hydrogen (secondary N) is 1. The number of anilines is 1. The number of fused-ring (bicyclic) bond motifs is 1. The first-order valence-corrected chi connectivity index (χ1v) is 11.2. The van der Waals surface area contributed by atoms with E-state index < -0.39 is 0 Å². The molecule has 5 nitrogen and oxygen atoms in total. The van der Waals surface area contributed by atoms with Crippen LogP contribution in [-0.4, -0.2) is 30.3 Å². The zero-order valence-electron chi connectivity index (χ0n) is 18.6. The Morgan fingerprint density at radius 3 is 2.71 bits per heavy atom. The van der Waals surface area contributed by atoms with Crippen molar-refractivity contribution in [3.63, 3.8) is 0 Å². The van der Waals surface area contributed by atoms with Crippen molar-refractivity contribution in [2.75, 3.05) is 11.5 Å². The molecular formula is C24H29Cl2N3O2. The Labute approximate surface area is 194 Å². The van der Waals surface area contributed by atoms with E-state index in [4.69, 9.17) is 27.9 Å². The van der Waals surface area contributed by atoms with E-state index in [0.717, 1.165) is 12.0 Å². The summed E-state index contributed by atoms with van der Waals surface area (Å²) < 4.78 is 5.42. The summed E-state index contributed by atoms with van der Waals surface area (Å²) in [6, 6.07) is 11.6. The Bertz CT molecular complexity index is 989. The summed E-state index contributed by atoms with van der Waals surface area (Å²) in [6.45, 7) is 11.1. The van der Waals surface area contributed by atoms with Gasteiger partial charge in [-0.05, 0) is 81.5 Å². The van der Waals surface area contributed by atoms with Crippen molar-refractivity contribution in [3.8, 4) is 5.75 Å². The molecule has 0 saturated carbocycles. The number of hydrogen-bond donors (Lipinski definition) is 1. The average molecular weight is 462 g/mol. The van der Waals surface area contributed by atoms with Crippen LogP contribution in [0.2, 0.25) is 10.0 Å². The highest BCUT2D eigenvalue weighted by Gasteiger charge is 2.37. The summed E-state index contributed by atoms with van der Waals surface area (Å²) in [4.78, 5) is 14.5. The predicted octanol–water partition coefficient (Wildman–Crippen LogP) is 6.02. The third-order valence-corrected chi connectivity index (χ3v) is 6.00. The second-order valence-corrected chi connectivity index (χ2v) is 9.70. The normalized spacial score (nSPS) is 17.7. The zero-order valence-corrected chi connectivity index (χ0v) is 20.1. The maximum atomic E-state index is 12.0. The second kappa shape index (κ2) is 9.49. The number of hydrazone groups is 1. The maximum absolute atomic E-state index is 12.0. The largest absolute Gasteiger partial charge is 0.482 e. The quantitative estimate of drug-likeness (QED) is 0.422. The molecule has 0 spiro atoms. The van der Waals surface area contributed by atoms with Crippen LogP contribution in [0.3, 0.4) is 0 Å². The number of nitrogens with zero attached hydrogens (tertiary/aromatic N) is 2. The molecule has 0 aromatic heterocycles. The first kappa shape index (κ1) is 23.4. The summed E-state index contributed by atoms with van der Waals surface area (Å²) in [5.41, 5.74) is 6.12. The molecule has 31 heavy (non-hydrogen) atoms. The van der Waals surface area contributed by atoms with Gasteiger partial charge in [-0.25, -0.2) is 5.43 Å². The van der Waals surface area contributed by atoms with Gasteiger partial charge in [0.05, 0.1) is 11.2 Å². The van der Waals surface area contributed by atoms with Gasteiger partial charge in [-0.15, -0.1) is 0 Å². The highest BCUT2D eigenvalue weighted by molar-refractivity contribution is 6.35. The molecule has 166 valence electrons. The molecule has 3 rings (SSSR count). The minimum absolute atomic E-state index is 0.108. The molecule has 2 aromatic carbocycles. The summed E-state index contributed by atoms with van der Waals surface area (Å²) in [5, 5.41) is 4.93. The van der Waals surface area contributed by atoms with Crippen molar-refractivity contribution in [1.82, 2.24) is 5.43 Å². The third kappa shape index (κ3) is 5.52. The standard InChI is InChI=1S/C24H29Cl2N3O2/c1-15(2)29-21-8-6-17(10-19(21)16(3)12-24(29,4)5)13-27-28-23(30)14-31-22-9-7-18(25)11-20(22)26/h6-11,13,15-16H,12,14H2,1-5H3,(H,28,30)/b27-13+/t16-/m0/s1. The molecule has 7 heteroatoms. The van der Waals surface area contributed by atoms with Crippen LogP contribution in [0.5, 0.6) is 5.75 Å². The maximum Gasteiger partial charge on any atom is 0.277 e. The van der Waals surface area contributed by atoms with E-state index in [-0.39, 0.29) is 18.1 Å². The van der Waals surface area contributed by atoms with Crippen LogP contribution in [0, 0.1) is 0 Å². The van der Waals surface area contributed by atoms with E-state index in [9.17, 15) is 4.79 Å². The number of rotatable bonds is 6. The molecule has 0 unspecified atom stereocenters. The Hall–Kier alpha value is -2.24. The van der Waals surface area contributed by atoms with Crippen molar-refractivity contribution in [1.29, 1.82) is 0 Å². The molecule has 0 radical (unpaired) electrons. The molecule has 0 saturated heterocycles. The van der Waals surface area contributed by atoms with Gasteiger partial charge < -0.3 is 9.64 Å². The predicted molar refractivity (Wildman–Crippen MR) is 129 cm³/mol. The van der Waals surface area contributed by atoms with Crippen molar-refractivity contribution in [2.24, 2.45) is 5.10 Å². The number of carbonyl (C=O) groups excluding carboxylic acids is 1. The molecule has 0 aliphatic carbocycles. The van der Waals surface area contributed by atoms with E-state index in [1.165, 1.54) is 11.3 Å². The molecule has 2 aromatic rings. The van der Waals surface area contributed by atoms with Gasteiger partial charge in [0.25, 0.3) is 5.91 Å². The minimum Gasteiger partial charge on any atom is -0.482 e. The summed E-state index contributed by atoms with van der Waals surface area (Å²) in [6.07, 6.45) is 2.74. The molecule has 0 bridgehead atoms. The Morgan fingerprint density at radius 1 is 1.29 bits per heavy atom. The lowest BCUT2D eigenvalue weighted by atomic mass is 9.79. The fourth-order valence-electron chi connectivity index (χ4n) is 4.47. The van der Waals surface area contributed by atoms with Crippen LogP contribution in [0.4, 0.5) is 5.69 Å². The lowest BCUT2D eigenvalue weighted by molar-refractivity contribution is -0.123. The lowest BCUT2D eigenvalue weighted by Gasteiger charge is -2.50. The number of ether oxygens (including phenoxy) is 1. The van der Waals surface area contributed by atoms with E-state index in [1.807, 2.05) is 6.07 Å². The first-order chi connectivity index (χ1) is 14.6. The van der Waals surface area contributed by atoms with Crippen molar-refractivity contribution >= 4 is 41.0 Å². The second-order valence-electron chi connectivity index (χ2n) is 8.86. The van der Waals surface area contributed by atoms with Gasteiger partial charge in [-0.3, -0.25) is 4.79 Å². The van der Waals surface area contributed by atoms with Crippen molar-refractivity contribution < 1.29 is 9.53 Å². The van der Waals surface area contributed by atoms with E-state index in [1.54, 1.807) is 24.4 Å². The monoisotopic (exact) mass is 461 g/mol. The van der Waals surface area contributed by atoms with Gasteiger partial charge in [-0.2, -0.15) is 5.10 Å². The fraction of sp³-hybridized carbons (Fsp3) is 0.417. The highest BCUT2D eigenvalue weighted by Crippen LogP contribution is 2.44. The first-order valence-electron chi connectivity index (χ1n) is 10.4. The molecule has 1 amide bonds. The van der Waals surface area contributed by atoms with Gasteiger partial charge in [0.1, 0.15) is 5.75 Å². The Morgan fingerprint density at radius 2 is 2.03 bits per heavy atom. The SMILES string of the molecule is CC(C)N1c2ccc(/C=N/NC(=O)COc3ccc(Cl)cc3Cl)cc2[C@@H](C)CC1(C)C. The summed E-state index contributed by atoms with van der Waals surface area (Å²) >= 11 is 11.9. The van der Waals surface area contributed by atoms with Gasteiger partial charge in [0, 0.05) is 22.3 Å². The zero-order chi connectivity index (χ0) is 22.8. The molecule has 1 atom stereocenters. The van der Waals surface area contributed by atoms with E-state index in [0.29, 0.717) is 27.8 Å². The van der Waals surface area contributed by atoms with Crippen LogP contribution < -0.4 is 15.1 Å². The smallest absolute Gasteiger partial charge is 0.277 e. The minimum atomic E-state index is -0.374. The van der Waals surface area contributed by atoms with Crippen LogP contribution in [0.1, 0.15) is 58.1 Å². The molecule has 1 heterocycles. The number of halogens is 2. The number of carbonyl (C=O) groups is 1. The highest BCUT2D eigenvalue weighted by atomic mass is 35.5. The van der Waals surface area contributed by atoms with Crippen LogP contribution in [0.25, 0.3) is 0 Å². The van der Waals surface area contributed by atoms with Crippen molar-refractivity contribution in [3.05, 3.63) is 57.6 Å². The summed E-state index contributed by atoms with van der Waals surface area (Å²) in [5.74, 6) is 0.466. The Balaban J connectivity index is 1.64. The molecule has 1 aliphatic heterocycles. The van der Waals surface area contributed by atoms with Gasteiger partial charge >= 0.3 is 0 Å². The van der Waals surface area contributed by atoms with E-state index >= 15 is 0 Å². The van der Waals surface area contributed by atoms with Crippen molar-refractivity contribution in [2.45, 2.75) is 58.5 Å². The molecular weight excluding hydrogens is 433 g/mol. The third-order valence-electron chi connectivity index (χ3n) is 5.47. The fourth-order valence-corrected chi connectivity index (χ4v) is 4.94. The van der Waals surface area contributed by atoms with Crippen LogP contribution >= 0.6 is 23.2 Å². The van der Waals surface area contributed by atoms with Gasteiger partial charge in [0.15, 0.2) is 6.61 Å². The Kier molecular flexibility index (Phi) is 7.17.